The highest BCUT2D eigenvalue weighted by atomic mass is 19.1. The van der Waals surface area contributed by atoms with Crippen molar-refractivity contribution in [3.63, 3.8) is 0 Å². The number of nitrogens with two attached hydrogens (primary N) is 1. The smallest absolute Gasteiger partial charge is 0.239 e. The molecule has 28 heavy (non-hydrogen) atoms. The van der Waals surface area contributed by atoms with Crippen molar-refractivity contribution >= 4 is 22.5 Å². The number of aryl methyl sites for hydroxylation is 1. The number of carbonyl (C=O) groups excluding carboxylic acids is 1. The van der Waals surface area contributed by atoms with Gasteiger partial charge >= 0.3 is 0 Å². The number of benzene rings is 2. The summed E-state index contributed by atoms with van der Waals surface area (Å²) in [7, 11) is 0. The highest BCUT2D eigenvalue weighted by Crippen LogP contribution is 2.20. The molecule has 1 aromatic heterocycles. The quantitative estimate of drug-likeness (QED) is 0.727. The van der Waals surface area contributed by atoms with E-state index in [1.54, 1.807) is 18.3 Å². The van der Waals surface area contributed by atoms with E-state index in [4.69, 9.17) is 5.73 Å². The van der Waals surface area contributed by atoms with E-state index in [0.29, 0.717) is 32.6 Å². The van der Waals surface area contributed by atoms with Gasteiger partial charge < -0.3 is 15.5 Å². The fourth-order valence-electron chi connectivity index (χ4n) is 3.84. The maximum Gasteiger partial charge on any atom is 0.239 e. The van der Waals surface area contributed by atoms with Gasteiger partial charge in [0.2, 0.25) is 5.91 Å². The van der Waals surface area contributed by atoms with Crippen molar-refractivity contribution in [2.24, 2.45) is 5.73 Å². The number of aromatic amines is 1. The fraction of sp³-hybridized carbons (Fsp3) is 0.333. The van der Waals surface area contributed by atoms with Crippen molar-refractivity contribution in [3.05, 3.63) is 59.5 Å². The van der Waals surface area contributed by atoms with E-state index in [0.717, 1.165) is 27.7 Å². The number of amides is 1. The van der Waals surface area contributed by atoms with Gasteiger partial charge in [-0.2, -0.15) is 5.10 Å². The van der Waals surface area contributed by atoms with E-state index in [2.05, 4.69) is 21.2 Å². The van der Waals surface area contributed by atoms with E-state index in [1.807, 2.05) is 17.9 Å². The number of carbonyl (C=O) groups is 1. The first-order chi connectivity index (χ1) is 13.5. The van der Waals surface area contributed by atoms with Gasteiger partial charge in [0.25, 0.3) is 0 Å². The zero-order valence-corrected chi connectivity index (χ0v) is 15.9. The van der Waals surface area contributed by atoms with Crippen LogP contribution in [0.5, 0.6) is 0 Å². The Bertz CT molecular complexity index is 976. The number of rotatable bonds is 4. The van der Waals surface area contributed by atoms with E-state index in [9.17, 15) is 9.18 Å². The number of hydrogen-bond donors (Lipinski definition) is 2. The summed E-state index contributed by atoms with van der Waals surface area (Å²) < 4.78 is 13.1. The largest absolute Gasteiger partial charge is 0.368 e. The Balaban J connectivity index is 1.37. The summed E-state index contributed by atoms with van der Waals surface area (Å²) in [6.07, 6.45) is 2.28. The molecule has 146 valence electrons. The summed E-state index contributed by atoms with van der Waals surface area (Å²) in [5.41, 5.74) is 10.4. The number of fused-ring (bicyclic) bond motifs is 1. The lowest BCUT2D eigenvalue weighted by atomic mass is 10.0. The Labute approximate surface area is 163 Å². The van der Waals surface area contributed by atoms with Crippen molar-refractivity contribution < 1.29 is 9.18 Å². The average Bonchev–Trinajstić information content (AvgIpc) is 3.17. The number of halogens is 1. The maximum atomic E-state index is 13.1. The molecule has 0 radical (unpaired) electrons. The fourth-order valence-corrected chi connectivity index (χ4v) is 3.84. The average molecular weight is 381 g/mol. The Kier molecular flexibility index (Phi) is 5.00. The number of anilines is 1. The van der Waals surface area contributed by atoms with Crippen LogP contribution in [0, 0.1) is 12.7 Å². The first kappa shape index (κ1) is 18.4. The molecule has 1 aliphatic heterocycles. The third kappa shape index (κ3) is 3.71. The molecule has 3 N–H and O–H groups in total. The van der Waals surface area contributed by atoms with E-state index in [1.165, 1.54) is 12.1 Å². The SMILES string of the molecule is Cc1cc(CC(N)C(=O)N2CCN(c3ccc(F)cc3)CC2)cc2cn[nH]c12. The zero-order valence-electron chi connectivity index (χ0n) is 15.9. The van der Waals surface area contributed by atoms with Gasteiger partial charge in [0.05, 0.1) is 17.8 Å². The molecular weight excluding hydrogens is 357 g/mol. The Hall–Kier alpha value is -2.93. The van der Waals surface area contributed by atoms with Gasteiger partial charge in [0.15, 0.2) is 0 Å². The maximum absolute atomic E-state index is 13.1. The lowest BCUT2D eigenvalue weighted by Crippen LogP contribution is -2.53. The molecule has 0 aliphatic carbocycles. The first-order valence-corrected chi connectivity index (χ1v) is 9.49. The van der Waals surface area contributed by atoms with Gasteiger partial charge in [-0.1, -0.05) is 6.07 Å². The third-order valence-electron chi connectivity index (χ3n) is 5.36. The Morgan fingerprint density at radius 3 is 2.64 bits per heavy atom. The Morgan fingerprint density at radius 1 is 1.21 bits per heavy atom. The standard InChI is InChI=1S/C21H24FN5O/c1-14-10-15(11-16-13-24-25-20(14)16)12-19(23)21(28)27-8-6-26(7-9-27)18-4-2-17(22)3-5-18/h2-5,10-11,13,19H,6-9,12,23H2,1H3,(H,24,25). The third-order valence-corrected chi connectivity index (χ3v) is 5.36. The molecule has 1 aliphatic rings. The minimum Gasteiger partial charge on any atom is -0.368 e. The molecule has 1 fully saturated rings. The predicted molar refractivity (Wildman–Crippen MR) is 108 cm³/mol. The van der Waals surface area contributed by atoms with Crippen LogP contribution in [0.3, 0.4) is 0 Å². The van der Waals surface area contributed by atoms with Crippen LogP contribution >= 0.6 is 0 Å². The molecule has 3 aromatic rings. The second kappa shape index (κ2) is 7.59. The molecule has 0 spiro atoms. The summed E-state index contributed by atoms with van der Waals surface area (Å²) in [4.78, 5) is 16.8. The summed E-state index contributed by atoms with van der Waals surface area (Å²) in [6, 6.07) is 9.98. The summed E-state index contributed by atoms with van der Waals surface area (Å²) in [5, 5.41) is 8.08. The molecule has 6 nitrogen and oxygen atoms in total. The summed E-state index contributed by atoms with van der Waals surface area (Å²) in [6.45, 7) is 4.67. The van der Waals surface area contributed by atoms with Gasteiger partial charge in [0.1, 0.15) is 5.82 Å². The molecular formula is C21H24FN5O. The Morgan fingerprint density at radius 2 is 1.93 bits per heavy atom. The van der Waals surface area contributed by atoms with E-state index < -0.39 is 6.04 Å². The highest BCUT2D eigenvalue weighted by molar-refractivity contribution is 5.84. The molecule has 4 rings (SSSR count). The van der Waals surface area contributed by atoms with Gasteiger partial charge in [-0.15, -0.1) is 0 Å². The molecule has 1 saturated heterocycles. The van der Waals surface area contributed by atoms with Crippen LogP contribution in [-0.2, 0) is 11.2 Å². The lowest BCUT2D eigenvalue weighted by molar-refractivity contribution is -0.132. The topological polar surface area (TPSA) is 78.2 Å². The van der Waals surface area contributed by atoms with Crippen LogP contribution < -0.4 is 10.6 Å². The van der Waals surface area contributed by atoms with Gasteiger partial charge in [0, 0.05) is 37.3 Å². The molecule has 1 atom stereocenters. The molecule has 0 saturated carbocycles. The van der Waals surface area contributed by atoms with Crippen LogP contribution in [0.25, 0.3) is 10.9 Å². The van der Waals surface area contributed by atoms with Crippen molar-refractivity contribution in [3.8, 4) is 0 Å². The number of aromatic nitrogens is 2. The van der Waals surface area contributed by atoms with Crippen molar-refractivity contribution in [2.75, 3.05) is 31.1 Å². The van der Waals surface area contributed by atoms with E-state index in [-0.39, 0.29) is 11.7 Å². The van der Waals surface area contributed by atoms with Crippen LogP contribution in [-0.4, -0.2) is 53.2 Å². The lowest BCUT2D eigenvalue weighted by Gasteiger charge is -2.37. The second-order valence-electron chi connectivity index (χ2n) is 7.35. The molecule has 0 bridgehead atoms. The minimum absolute atomic E-state index is 0.0244. The van der Waals surface area contributed by atoms with Crippen molar-refractivity contribution in [1.29, 1.82) is 0 Å². The minimum atomic E-state index is -0.568. The monoisotopic (exact) mass is 381 g/mol. The number of hydrogen-bond acceptors (Lipinski definition) is 4. The van der Waals surface area contributed by atoms with Crippen LogP contribution in [0.4, 0.5) is 10.1 Å². The number of piperazine rings is 1. The van der Waals surface area contributed by atoms with Crippen LogP contribution in [0.15, 0.2) is 42.6 Å². The van der Waals surface area contributed by atoms with E-state index >= 15 is 0 Å². The summed E-state index contributed by atoms with van der Waals surface area (Å²) in [5.74, 6) is -0.268. The zero-order chi connectivity index (χ0) is 19.7. The summed E-state index contributed by atoms with van der Waals surface area (Å²) >= 11 is 0. The van der Waals surface area contributed by atoms with Crippen LogP contribution in [0.1, 0.15) is 11.1 Å². The predicted octanol–water partition coefficient (Wildman–Crippen LogP) is 2.23. The number of nitrogens with zero attached hydrogens (tertiary/aromatic N) is 3. The van der Waals surface area contributed by atoms with Crippen molar-refractivity contribution in [1.82, 2.24) is 15.1 Å². The molecule has 2 heterocycles. The molecule has 7 heteroatoms. The first-order valence-electron chi connectivity index (χ1n) is 9.49. The second-order valence-corrected chi connectivity index (χ2v) is 7.35. The normalized spacial score (nSPS) is 15.8. The van der Waals surface area contributed by atoms with Crippen LogP contribution in [0.2, 0.25) is 0 Å². The van der Waals surface area contributed by atoms with Gasteiger partial charge in [-0.25, -0.2) is 4.39 Å². The number of nitrogens with one attached hydrogen (secondary N) is 1. The number of H-pyrrole nitrogens is 1. The molecule has 1 amide bonds. The van der Waals surface area contributed by atoms with Gasteiger partial charge in [-0.3, -0.25) is 9.89 Å². The molecule has 2 aromatic carbocycles. The molecule has 1 unspecified atom stereocenters. The van der Waals surface area contributed by atoms with Gasteiger partial charge in [-0.05, 0) is 54.8 Å². The highest BCUT2D eigenvalue weighted by Gasteiger charge is 2.25. The van der Waals surface area contributed by atoms with Crippen molar-refractivity contribution in [2.45, 2.75) is 19.4 Å².